The summed E-state index contributed by atoms with van der Waals surface area (Å²) >= 11 is 0. The van der Waals surface area contributed by atoms with Crippen LogP contribution in [0.2, 0.25) is 0 Å². The van der Waals surface area contributed by atoms with E-state index in [1.165, 1.54) is 5.56 Å². The average Bonchev–Trinajstić information content (AvgIpc) is 2.89. The molecule has 3 N–H and O–H groups in total. The summed E-state index contributed by atoms with van der Waals surface area (Å²) < 4.78 is 37.2. The van der Waals surface area contributed by atoms with Crippen molar-refractivity contribution >= 4 is 17.5 Å². The molecule has 1 aliphatic heterocycles. The number of carbonyl (C=O) groups excluding carboxylic acids is 1. The molecule has 0 spiro atoms. The molecule has 2 aromatic heterocycles. The van der Waals surface area contributed by atoms with Gasteiger partial charge in [0.15, 0.2) is 0 Å². The first-order valence-corrected chi connectivity index (χ1v) is 12.6. The lowest BCUT2D eigenvalue weighted by molar-refractivity contribution is -0.154. The number of nitrogens with zero attached hydrogens (tertiary/aromatic N) is 3. The number of hydrogen-bond acceptors (Lipinski definition) is 6. The third-order valence-electron chi connectivity index (χ3n) is 6.91. The number of anilines is 2. The van der Waals surface area contributed by atoms with Gasteiger partial charge in [0.2, 0.25) is 11.9 Å². The number of hydrogen-bond donors (Lipinski definition) is 3. The molecule has 1 aromatic carbocycles. The number of benzene rings is 1. The van der Waals surface area contributed by atoms with Crippen molar-refractivity contribution in [3.8, 4) is 11.3 Å². The molecule has 194 valence electrons. The molecule has 0 saturated heterocycles. The molecule has 5 rings (SSSR count). The van der Waals surface area contributed by atoms with Gasteiger partial charge in [0, 0.05) is 35.7 Å². The molecule has 1 amide bonds. The molecular formula is C27H29F3N6O. The first-order valence-electron chi connectivity index (χ1n) is 12.6. The quantitative estimate of drug-likeness (QED) is 0.410. The summed E-state index contributed by atoms with van der Waals surface area (Å²) in [4.78, 5) is 25.3. The van der Waals surface area contributed by atoms with E-state index in [4.69, 9.17) is 4.98 Å². The Balaban J connectivity index is 1.18. The smallest absolute Gasteiger partial charge is 0.376 e. The summed E-state index contributed by atoms with van der Waals surface area (Å²) in [6, 6.07) is 14.0. The zero-order chi connectivity index (χ0) is 25.8. The monoisotopic (exact) mass is 510 g/mol. The Hall–Kier alpha value is -3.69. The zero-order valence-electron chi connectivity index (χ0n) is 20.3. The number of nitrogens with one attached hydrogen (secondary N) is 3. The van der Waals surface area contributed by atoms with Crippen molar-refractivity contribution in [2.24, 2.45) is 0 Å². The Labute approximate surface area is 213 Å². The average molecular weight is 511 g/mol. The van der Waals surface area contributed by atoms with Crippen LogP contribution in [-0.2, 0) is 11.2 Å². The van der Waals surface area contributed by atoms with Gasteiger partial charge >= 0.3 is 6.18 Å². The fraction of sp³-hybridized carbons (Fsp3) is 0.407. The molecule has 1 atom stereocenters. The minimum Gasteiger partial charge on any atom is -0.376 e. The number of halogens is 3. The first kappa shape index (κ1) is 25.0. The van der Waals surface area contributed by atoms with Gasteiger partial charge in [-0.3, -0.25) is 9.78 Å². The van der Waals surface area contributed by atoms with E-state index in [0.29, 0.717) is 18.8 Å². The predicted molar refractivity (Wildman–Crippen MR) is 135 cm³/mol. The number of rotatable bonds is 6. The minimum atomic E-state index is -4.48. The fourth-order valence-corrected chi connectivity index (χ4v) is 5.03. The Morgan fingerprint density at radius 2 is 1.76 bits per heavy atom. The number of amides is 1. The second-order valence-electron chi connectivity index (χ2n) is 9.69. The number of carbonyl (C=O) groups is 1. The van der Waals surface area contributed by atoms with Crippen molar-refractivity contribution in [2.75, 3.05) is 10.6 Å². The van der Waals surface area contributed by atoms with Crippen LogP contribution in [0.5, 0.6) is 0 Å². The minimum absolute atomic E-state index is 0.0432. The van der Waals surface area contributed by atoms with Gasteiger partial charge in [-0.15, -0.1) is 0 Å². The number of alkyl halides is 3. The maximum atomic E-state index is 12.4. The van der Waals surface area contributed by atoms with Gasteiger partial charge in [0.05, 0.1) is 17.4 Å². The summed E-state index contributed by atoms with van der Waals surface area (Å²) in [5.41, 5.74) is 5.13. The summed E-state index contributed by atoms with van der Waals surface area (Å²) in [6.07, 6.45) is 2.20. The molecule has 10 heteroatoms. The van der Waals surface area contributed by atoms with Crippen LogP contribution in [0.1, 0.15) is 55.8 Å². The molecular weight excluding hydrogens is 481 g/mol. The second kappa shape index (κ2) is 10.7. The Kier molecular flexibility index (Phi) is 7.25. The zero-order valence-corrected chi connectivity index (χ0v) is 20.3. The van der Waals surface area contributed by atoms with E-state index in [-0.39, 0.29) is 18.1 Å². The van der Waals surface area contributed by atoms with E-state index >= 15 is 0 Å². The Bertz CT molecular complexity index is 1230. The number of aromatic nitrogens is 3. The fourth-order valence-electron chi connectivity index (χ4n) is 5.03. The van der Waals surface area contributed by atoms with Crippen molar-refractivity contribution in [2.45, 2.75) is 69.2 Å². The van der Waals surface area contributed by atoms with Crippen LogP contribution < -0.4 is 16.0 Å². The van der Waals surface area contributed by atoms with Gasteiger partial charge in [-0.05, 0) is 56.2 Å². The molecule has 3 heterocycles. The van der Waals surface area contributed by atoms with Crippen molar-refractivity contribution in [1.29, 1.82) is 0 Å². The highest BCUT2D eigenvalue weighted by Crippen LogP contribution is 2.34. The molecule has 1 aliphatic carbocycles. The highest BCUT2D eigenvalue weighted by atomic mass is 19.4. The number of aryl methyl sites for hydroxylation is 1. The topological polar surface area (TPSA) is 91.8 Å². The molecule has 1 fully saturated rings. The third kappa shape index (κ3) is 6.55. The van der Waals surface area contributed by atoms with Crippen LogP contribution in [-0.4, -0.2) is 39.1 Å². The van der Waals surface area contributed by atoms with Gasteiger partial charge < -0.3 is 16.0 Å². The van der Waals surface area contributed by atoms with Crippen LogP contribution in [0.15, 0.2) is 54.9 Å². The molecule has 3 aromatic rings. The van der Waals surface area contributed by atoms with E-state index in [1.54, 1.807) is 6.20 Å². The van der Waals surface area contributed by atoms with E-state index in [9.17, 15) is 18.0 Å². The van der Waals surface area contributed by atoms with Crippen molar-refractivity contribution in [1.82, 2.24) is 20.3 Å². The summed E-state index contributed by atoms with van der Waals surface area (Å²) in [6.45, 7) is 0. The van der Waals surface area contributed by atoms with E-state index in [2.05, 4.69) is 32.0 Å². The van der Waals surface area contributed by atoms with Gasteiger partial charge in [-0.1, -0.05) is 30.3 Å². The largest absolute Gasteiger partial charge is 0.397 e. The molecule has 1 saturated carbocycles. The Morgan fingerprint density at radius 1 is 1.00 bits per heavy atom. The third-order valence-corrected chi connectivity index (χ3v) is 6.91. The standard InChI is InChI=1S/C27H29F3N6O/c28-27(29,30)15-25(37)33-19-7-9-20(10-8-19)34-26-31-13-12-22(36-26)21-11-6-18-16-32-23(14-24(18)35-21)17-4-2-1-3-5-17/h1-5,12-14,16,19-21,35H,6-11,15H2,(H,33,37)(H,31,34,36). The highest BCUT2D eigenvalue weighted by molar-refractivity contribution is 5.76. The lowest BCUT2D eigenvalue weighted by atomic mass is 9.91. The lowest BCUT2D eigenvalue weighted by Crippen LogP contribution is -2.41. The SMILES string of the molecule is O=C(CC(F)(F)F)NC1CCC(Nc2nccc(C3CCc4cnc(-c5ccccc5)cc4N3)n2)CC1. The van der Waals surface area contributed by atoms with Gasteiger partial charge in [0.25, 0.3) is 0 Å². The molecule has 0 bridgehead atoms. The summed E-state index contributed by atoms with van der Waals surface area (Å²) in [5, 5.41) is 9.49. The molecule has 7 nitrogen and oxygen atoms in total. The van der Waals surface area contributed by atoms with Gasteiger partial charge in [-0.25, -0.2) is 9.97 Å². The van der Waals surface area contributed by atoms with Crippen LogP contribution in [0.4, 0.5) is 24.8 Å². The molecule has 0 radical (unpaired) electrons. The van der Waals surface area contributed by atoms with Crippen molar-refractivity contribution in [3.05, 3.63) is 66.1 Å². The maximum absolute atomic E-state index is 12.4. The van der Waals surface area contributed by atoms with E-state index < -0.39 is 18.5 Å². The van der Waals surface area contributed by atoms with Crippen molar-refractivity contribution in [3.63, 3.8) is 0 Å². The van der Waals surface area contributed by atoms with Crippen molar-refractivity contribution < 1.29 is 18.0 Å². The number of pyridine rings is 1. The summed E-state index contributed by atoms with van der Waals surface area (Å²) in [5.74, 6) is -0.428. The van der Waals surface area contributed by atoms with Gasteiger partial charge in [-0.2, -0.15) is 13.2 Å². The predicted octanol–water partition coefficient (Wildman–Crippen LogP) is 5.43. The van der Waals surface area contributed by atoms with Gasteiger partial charge in [0.1, 0.15) is 6.42 Å². The van der Waals surface area contributed by atoms with Crippen LogP contribution in [0.3, 0.4) is 0 Å². The maximum Gasteiger partial charge on any atom is 0.397 e. The molecule has 37 heavy (non-hydrogen) atoms. The highest BCUT2D eigenvalue weighted by Gasteiger charge is 2.32. The van der Waals surface area contributed by atoms with Crippen LogP contribution in [0, 0.1) is 0 Å². The summed E-state index contributed by atoms with van der Waals surface area (Å²) in [7, 11) is 0. The first-order chi connectivity index (χ1) is 17.8. The number of fused-ring (bicyclic) bond motifs is 1. The van der Waals surface area contributed by atoms with E-state index in [1.807, 2.05) is 42.6 Å². The van der Waals surface area contributed by atoms with E-state index in [0.717, 1.165) is 48.3 Å². The normalized spacial score (nSPS) is 21.4. The van der Waals surface area contributed by atoms with Crippen LogP contribution in [0.25, 0.3) is 11.3 Å². The molecule has 1 unspecified atom stereocenters. The Morgan fingerprint density at radius 3 is 2.51 bits per heavy atom. The second-order valence-corrected chi connectivity index (χ2v) is 9.69. The molecule has 2 aliphatic rings. The van der Waals surface area contributed by atoms with Crippen LogP contribution >= 0.6 is 0 Å². The lowest BCUT2D eigenvalue weighted by Gasteiger charge is -2.30.